The molecule has 65 heavy (non-hydrogen) atoms. The highest BCUT2D eigenvalue weighted by atomic mass is 127. The summed E-state index contributed by atoms with van der Waals surface area (Å²) in [5, 5.41) is 47.6. The number of fused-ring (bicyclic) bond motifs is 1. The third-order valence-electron chi connectivity index (χ3n) is 9.51. The first-order valence-electron chi connectivity index (χ1n) is 19.1. The van der Waals surface area contributed by atoms with Crippen molar-refractivity contribution >= 4 is 91.0 Å². The van der Waals surface area contributed by atoms with Crippen molar-refractivity contribution < 1.29 is 72.2 Å². The van der Waals surface area contributed by atoms with Crippen LogP contribution in [0.25, 0.3) is 22.2 Å². The Labute approximate surface area is 384 Å². The van der Waals surface area contributed by atoms with Gasteiger partial charge in [0.25, 0.3) is 10.0 Å². The van der Waals surface area contributed by atoms with Gasteiger partial charge >= 0.3 is 35.8 Å². The van der Waals surface area contributed by atoms with Gasteiger partial charge in [0.05, 0.1) is 11.1 Å². The topological polar surface area (TPSA) is 333 Å². The molecule has 0 bridgehead atoms. The van der Waals surface area contributed by atoms with Crippen molar-refractivity contribution in [3.63, 3.8) is 0 Å². The molecule has 2 aliphatic rings. The summed E-state index contributed by atoms with van der Waals surface area (Å²) in [5.74, 6) is -7.89. The summed E-state index contributed by atoms with van der Waals surface area (Å²) in [4.78, 5) is 71.2. The van der Waals surface area contributed by atoms with Gasteiger partial charge in [0.15, 0.2) is 0 Å². The number of likely N-dealkylation sites (N-methyl/N-ethyl adjacent to an activating group) is 1. The Morgan fingerprint density at radius 3 is 1.68 bits per heavy atom. The fourth-order valence-electron chi connectivity index (χ4n) is 6.55. The monoisotopic (exact) mass is 1040 g/mol. The first-order chi connectivity index (χ1) is 30.6. The number of nitrogens with one attached hydrogen (secondary N) is 1. The minimum absolute atomic E-state index is 0.0967. The molecule has 21 nitrogen and oxygen atoms in total. The van der Waals surface area contributed by atoms with Gasteiger partial charge in [0, 0.05) is 90.0 Å². The number of aromatic nitrogens is 3. The SMILES string of the molecule is CN1CCN(C2CCC(n3cc(-c4ccc(NS(=O)(=O)c5ccccc5I)c(F)c4)c4c(N)ncnc43)CC2)CC1.O=C(O)/C=C\C(=O)O.O=C(O)/C=C\C(=O)O.O=C(O)/C=C\C(=O)O. The molecule has 1 saturated carbocycles. The Kier molecular flexibility index (Phi) is 20.1. The summed E-state index contributed by atoms with van der Waals surface area (Å²) in [6.45, 7) is 4.47. The molecule has 24 heteroatoms. The van der Waals surface area contributed by atoms with Crippen molar-refractivity contribution in [1.29, 1.82) is 0 Å². The third-order valence-corrected chi connectivity index (χ3v) is 12.2. The molecular formula is C41H45FIN7O14S. The zero-order chi connectivity index (χ0) is 48.4. The Morgan fingerprint density at radius 1 is 0.738 bits per heavy atom. The van der Waals surface area contributed by atoms with E-state index < -0.39 is 51.7 Å². The van der Waals surface area contributed by atoms with Crippen LogP contribution in [0.15, 0.2) is 96.3 Å². The van der Waals surface area contributed by atoms with Gasteiger partial charge in [-0.3, -0.25) is 9.62 Å². The molecule has 1 saturated heterocycles. The minimum Gasteiger partial charge on any atom is -0.478 e. The van der Waals surface area contributed by atoms with E-state index in [4.69, 9.17) is 36.4 Å². The van der Waals surface area contributed by atoms with E-state index in [0.29, 0.717) is 62.8 Å². The summed E-state index contributed by atoms with van der Waals surface area (Å²) in [7, 11) is -1.78. The number of benzene rings is 2. The minimum atomic E-state index is -3.96. The second-order valence-electron chi connectivity index (χ2n) is 14.0. The second kappa shape index (κ2) is 24.9. The van der Waals surface area contributed by atoms with Gasteiger partial charge < -0.3 is 45.8 Å². The van der Waals surface area contributed by atoms with E-state index in [2.05, 4.69) is 36.1 Å². The summed E-state index contributed by atoms with van der Waals surface area (Å²) in [6, 6.07) is 11.9. The molecule has 0 unspecified atom stereocenters. The standard InChI is InChI=1S/C29H33FIN7O2S.3C4H4O4/c1-36-12-14-37(15-13-36)20-7-9-21(10-8-20)38-17-22(27-28(32)33-18-34-29(27)38)19-6-11-25(23(30)16-19)35-41(39,40)26-5-3-2-4-24(26)31;3*5-3(6)1-2-4(7)8/h2-6,11,16-18,20-21,35H,7-10,12-15H2,1H3,(H2,32,33,34);3*1-2H,(H,5,6)(H,7,8)/b;3*2-1-. The lowest BCUT2D eigenvalue weighted by molar-refractivity contribution is -0.134. The number of hydrogen-bond acceptors (Lipinski definition) is 13. The highest BCUT2D eigenvalue weighted by molar-refractivity contribution is 14.1. The van der Waals surface area contributed by atoms with E-state index in [1.165, 1.54) is 24.5 Å². The van der Waals surface area contributed by atoms with Crippen LogP contribution in [0.4, 0.5) is 15.9 Å². The van der Waals surface area contributed by atoms with E-state index in [1.807, 2.05) is 28.8 Å². The second-order valence-corrected chi connectivity index (χ2v) is 16.8. The molecular weight excluding hydrogens is 992 g/mol. The molecule has 1 aliphatic carbocycles. The average molecular weight is 1040 g/mol. The van der Waals surface area contributed by atoms with Crippen LogP contribution in [0.1, 0.15) is 31.7 Å². The quantitative estimate of drug-likeness (QED) is 0.0731. The predicted octanol–water partition coefficient (Wildman–Crippen LogP) is 4.09. The van der Waals surface area contributed by atoms with E-state index in [0.717, 1.165) is 63.1 Å². The molecule has 4 aromatic rings. The molecule has 2 fully saturated rings. The van der Waals surface area contributed by atoms with E-state index >= 15 is 4.39 Å². The maximum atomic E-state index is 15.4. The number of nitrogens with two attached hydrogens (primary N) is 1. The van der Waals surface area contributed by atoms with E-state index in [1.54, 1.807) is 24.3 Å². The Morgan fingerprint density at radius 2 is 1.22 bits per heavy atom. The van der Waals surface area contributed by atoms with Crippen LogP contribution in [0.3, 0.4) is 0 Å². The van der Waals surface area contributed by atoms with Crippen LogP contribution >= 0.6 is 22.6 Å². The third kappa shape index (κ3) is 17.0. The number of rotatable bonds is 12. The number of hydrogen-bond donors (Lipinski definition) is 8. The number of anilines is 2. The first-order valence-corrected chi connectivity index (χ1v) is 21.7. The smallest absolute Gasteiger partial charge is 0.328 e. The molecule has 0 spiro atoms. The van der Waals surface area contributed by atoms with Gasteiger partial charge in [0.1, 0.15) is 28.5 Å². The fourth-order valence-corrected chi connectivity index (χ4v) is 8.95. The number of aliphatic carboxylic acids is 6. The number of carboxylic acids is 6. The van der Waals surface area contributed by atoms with Gasteiger partial charge in [-0.1, -0.05) is 18.2 Å². The zero-order valence-corrected chi connectivity index (χ0v) is 37.4. The summed E-state index contributed by atoms with van der Waals surface area (Å²) < 4.78 is 46.4. The summed E-state index contributed by atoms with van der Waals surface area (Å²) >= 11 is 1.95. The molecule has 348 valence electrons. The molecule has 3 heterocycles. The maximum absolute atomic E-state index is 15.4. The molecule has 2 aromatic heterocycles. The molecule has 0 radical (unpaired) electrons. The Balaban J connectivity index is 0.000000383. The van der Waals surface area contributed by atoms with Crippen LogP contribution in [0.2, 0.25) is 0 Å². The number of nitrogen functional groups attached to an aromatic ring is 1. The fraction of sp³-hybridized carbons (Fsp3) is 0.268. The lowest BCUT2D eigenvalue weighted by Crippen LogP contribution is -2.49. The van der Waals surface area contributed by atoms with E-state index in [-0.39, 0.29) is 16.6 Å². The summed E-state index contributed by atoms with van der Waals surface area (Å²) in [5.41, 5.74) is 8.26. The Hall–Kier alpha value is -6.77. The van der Waals surface area contributed by atoms with Crippen LogP contribution in [-0.2, 0) is 38.8 Å². The van der Waals surface area contributed by atoms with Crippen LogP contribution in [-0.4, -0.2) is 138 Å². The van der Waals surface area contributed by atoms with Crippen LogP contribution in [0, 0.1) is 9.39 Å². The van der Waals surface area contributed by atoms with Crippen molar-refractivity contribution in [1.82, 2.24) is 24.3 Å². The predicted molar refractivity (Wildman–Crippen MR) is 241 cm³/mol. The molecule has 9 N–H and O–H groups in total. The first kappa shape index (κ1) is 52.6. The van der Waals surface area contributed by atoms with Crippen LogP contribution in [0.5, 0.6) is 0 Å². The lowest BCUT2D eigenvalue weighted by Gasteiger charge is -2.41. The van der Waals surface area contributed by atoms with Crippen molar-refractivity contribution in [3.05, 3.63) is 101 Å². The van der Waals surface area contributed by atoms with Gasteiger partial charge in [-0.25, -0.2) is 51.5 Å². The van der Waals surface area contributed by atoms with Gasteiger partial charge in [0.2, 0.25) is 0 Å². The molecule has 0 atom stereocenters. The summed E-state index contributed by atoms with van der Waals surface area (Å²) in [6.07, 6.45) is 11.1. The Bertz CT molecular complexity index is 2440. The molecule has 6 rings (SSSR count). The van der Waals surface area contributed by atoms with Gasteiger partial charge in [-0.05, 0) is 85.2 Å². The number of halogens is 2. The largest absolute Gasteiger partial charge is 0.478 e. The number of nitrogens with zero attached hydrogens (tertiary/aromatic N) is 5. The highest BCUT2D eigenvalue weighted by Gasteiger charge is 2.30. The molecule has 0 amide bonds. The number of piperazine rings is 1. The maximum Gasteiger partial charge on any atom is 0.328 e. The molecule has 2 aromatic carbocycles. The molecule has 1 aliphatic heterocycles. The van der Waals surface area contributed by atoms with Crippen LogP contribution < -0.4 is 10.5 Å². The van der Waals surface area contributed by atoms with Gasteiger partial charge in [-0.2, -0.15) is 0 Å². The van der Waals surface area contributed by atoms with E-state index in [9.17, 15) is 37.2 Å². The van der Waals surface area contributed by atoms with Crippen molar-refractivity contribution in [2.75, 3.05) is 43.7 Å². The number of carbonyl (C=O) groups is 6. The van der Waals surface area contributed by atoms with Crippen molar-refractivity contribution in [2.24, 2.45) is 0 Å². The number of carboxylic acid groups (broad SMARTS) is 6. The lowest BCUT2D eigenvalue weighted by atomic mass is 9.89. The zero-order valence-electron chi connectivity index (χ0n) is 34.4. The van der Waals surface area contributed by atoms with Gasteiger partial charge in [-0.15, -0.1) is 0 Å². The van der Waals surface area contributed by atoms with Crippen molar-refractivity contribution in [2.45, 2.75) is 42.7 Å². The average Bonchev–Trinajstić information content (AvgIpc) is 3.64. The van der Waals surface area contributed by atoms with Crippen molar-refractivity contribution in [3.8, 4) is 11.1 Å². The highest BCUT2D eigenvalue weighted by Crippen LogP contribution is 2.40. The normalized spacial score (nSPS) is 16.7. The number of sulfonamides is 1.